The van der Waals surface area contributed by atoms with E-state index in [-0.39, 0.29) is 16.9 Å². The first-order valence-electron chi connectivity index (χ1n) is 9.42. The molecule has 0 aromatic rings. The lowest BCUT2D eigenvalue weighted by atomic mass is 9.47. The highest BCUT2D eigenvalue weighted by atomic mass is 16.3. The maximum Gasteiger partial charge on any atom is 0.130 e. The summed E-state index contributed by atoms with van der Waals surface area (Å²) in [6.07, 6.45) is 16.1. The van der Waals surface area contributed by atoms with Crippen molar-refractivity contribution in [2.24, 2.45) is 28.6 Å². The molecule has 23 heavy (non-hydrogen) atoms. The number of aliphatic hydroxyl groups is 2. The van der Waals surface area contributed by atoms with Crippen LogP contribution >= 0.6 is 0 Å². The average molecular weight is 314 g/mol. The second kappa shape index (κ2) is 4.87. The van der Waals surface area contributed by atoms with Crippen LogP contribution in [0.4, 0.5) is 0 Å². The molecule has 0 aliphatic heterocycles. The van der Waals surface area contributed by atoms with Gasteiger partial charge in [-0.2, -0.15) is 0 Å². The molecule has 0 saturated heterocycles. The van der Waals surface area contributed by atoms with Gasteiger partial charge < -0.3 is 10.2 Å². The first kappa shape index (κ1) is 15.7. The summed E-state index contributed by atoms with van der Waals surface area (Å²) in [6.45, 7) is 4.68. The second-order valence-corrected chi connectivity index (χ2v) is 9.16. The molecule has 0 bridgehead atoms. The van der Waals surface area contributed by atoms with Gasteiger partial charge in [0.05, 0.1) is 6.10 Å². The van der Waals surface area contributed by atoms with E-state index in [0.29, 0.717) is 17.8 Å². The molecule has 3 saturated carbocycles. The maximum atomic E-state index is 11.0. The van der Waals surface area contributed by atoms with Gasteiger partial charge in [-0.25, -0.2) is 0 Å². The summed E-state index contributed by atoms with van der Waals surface area (Å²) in [5.41, 5.74) is 0.751. The number of hydrogen-bond donors (Lipinski definition) is 2. The van der Waals surface area contributed by atoms with Crippen LogP contribution in [-0.4, -0.2) is 21.9 Å². The van der Waals surface area contributed by atoms with Crippen molar-refractivity contribution >= 4 is 0 Å². The van der Waals surface area contributed by atoms with Gasteiger partial charge in [0, 0.05) is 5.41 Å². The lowest BCUT2D eigenvalue weighted by Crippen LogP contribution is -2.54. The van der Waals surface area contributed by atoms with Gasteiger partial charge in [-0.3, -0.25) is 0 Å². The van der Waals surface area contributed by atoms with Crippen molar-refractivity contribution in [2.45, 2.75) is 76.9 Å². The Morgan fingerprint density at radius 2 is 1.87 bits per heavy atom. The van der Waals surface area contributed by atoms with Gasteiger partial charge in [-0.05, 0) is 74.5 Å². The third-order valence-electron chi connectivity index (χ3n) is 8.47. The van der Waals surface area contributed by atoms with Crippen LogP contribution in [0.25, 0.3) is 0 Å². The number of rotatable bonds is 0. The van der Waals surface area contributed by atoms with Gasteiger partial charge in [0.1, 0.15) is 5.60 Å². The Morgan fingerprint density at radius 3 is 2.61 bits per heavy atom. The van der Waals surface area contributed by atoms with Crippen molar-refractivity contribution in [3.8, 4) is 12.3 Å². The van der Waals surface area contributed by atoms with E-state index in [1.165, 1.54) is 12.0 Å². The molecule has 2 heteroatoms. The number of fused-ring (bicyclic) bond motifs is 5. The van der Waals surface area contributed by atoms with E-state index in [9.17, 15) is 10.2 Å². The summed E-state index contributed by atoms with van der Waals surface area (Å²) in [5, 5.41) is 21.0. The van der Waals surface area contributed by atoms with E-state index in [1.807, 2.05) is 0 Å². The highest BCUT2D eigenvalue weighted by molar-refractivity contribution is 5.28. The Labute approximate surface area is 140 Å². The largest absolute Gasteiger partial charge is 0.393 e. The molecule has 4 aliphatic rings. The predicted molar refractivity (Wildman–Crippen MR) is 91.5 cm³/mol. The monoisotopic (exact) mass is 314 g/mol. The van der Waals surface area contributed by atoms with E-state index in [2.05, 4.69) is 25.8 Å². The van der Waals surface area contributed by atoms with Gasteiger partial charge in [-0.1, -0.05) is 31.4 Å². The molecule has 3 fully saturated rings. The van der Waals surface area contributed by atoms with Crippen LogP contribution in [-0.2, 0) is 0 Å². The zero-order valence-corrected chi connectivity index (χ0v) is 14.5. The predicted octanol–water partition coefficient (Wildman–Crippen LogP) is 3.67. The highest BCUT2D eigenvalue weighted by Gasteiger charge is 2.63. The minimum Gasteiger partial charge on any atom is -0.393 e. The summed E-state index contributed by atoms with van der Waals surface area (Å²) in [5.74, 6) is 4.65. The first-order valence-corrected chi connectivity index (χ1v) is 9.42. The summed E-state index contributed by atoms with van der Waals surface area (Å²) in [6, 6.07) is 0. The topological polar surface area (TPSA) is 40.5 Å². The summed E-state index contributed by atoms with van der Waals surface area (Å²) < 4.78 is 0. The average Bonchev–Trinajstić information content (AvgIpc) is 2.80. The summed E-state index contributed by atoms with van der Waals surface area (Å²) in [7, 11) is 0. The minimum atomic E-state index is -0.906. The number of allylic oxidation sites excluding steroid dienone is 1. The standard InChI is InChI=1S/C21H30O2/c1-4-21(23)12-9-18-16-6-5-14-13-15(22)7-10-19(14,2)17(16)8-11-20(18,21)3/h1,5,15-18,22-23H,6-13H2,2-3H3/t15-,16+,17-,18+,19-,20+,21-/m1/s1. The summed E-state index contributed by atoms with van der Waals surface area (Å²) in [4.78, 5) is 0. The van der Waals surface area contributed by atoms with Crippen molar-refractivity contribution in [3.63, 3.8) is 0 Å². The van der Waals surface area contributed by atoms with E-state index in [1.54, 1.807) is 0 Å². The van der Waals surface area contributed by atoms with Crippen LogP contribution in [0.5, 0.6) is 0 Å². The number of aliphatic hydroxyl groups excluding tert-OH is 1. The SMILES string of the molecule is C#C[C@@]1(O)CC[C@H]2[C@H]3CC=C4C[C@H](O)CC[C@@]4(C)[C@@H]3CC[C@@]21C. The van der Waals surface area contributed by atoms with Crippen LogP contribution in [0.1, 0.15) is 65.2 Å². The van der Waals surface area contributed by atoms with E-state index in [4.69, 9.17) is 6.42 Å². The van der Waals surface area contributed by atoms with Crippen molar-refractivity contribution in [2.75, 3.05) is 0 Å². The molecule has 0 radical (unpaired) electrons. The lowest BCUT2D eigenvalue weighted by Gasteiger charge is -2.58. The highest BCUT2D eigenvalue weighted by Crippen LogP contribution is 2.66. The van der Waals surface area contributed by atoms with Gasteiger partial charge in [-0.15, -0.1) is 6.42 Å². The van der Waals surface area contributed by atoms with Gasteiger partial charge in [0.2, 0.25) is 0 Å². The molecular weight excluding hydrogens is 284 g/mol. The van der Waals surface area contributed by atoms with E-state index >= 15 is 0 Å². The van der Waals surface area contributed by atoms with Crippen molar-refractivity contribution in [3.05, 3.63) is 11.6 Å². The summed E-state index contributed by atoms with van der Waals surface area (Å²) >= 11 is 0. The van der Waals surface area contributed by atoms with Crippen LogP contribution in [0.3, 0.4) is 0 Å². The van der Waals surface area contributed by atoms with Crippen molar-refractivity contribution in [1.29, 1.82) is 0 Å². The molecule has 0 aromatic heterocycles. The Bertz CT molecular complexity index is 587. The number of terminal acetylenes is 1. The molecule has 0 amide bonds. The van der Waals surface area contributed by atoms with Crippen LogP contribution in [0, 0.1) is 40.9 Å². The Hall–Kier alpha value is -0.780. The molecule has 7 atom stereocenters. The zero-order valence-electron chi connectivity index (χ0n) is 14.5. The smallest absolute Gasteiger partial charge is 0.130 e. The van der Waals surface area contributed by atoms with Crippen LogP contribution in [0.15, 0.2) is 11.6 Å². The normalized spacial score (nSPS) is 55.2. The molecule has 0 heterocycles. The van der Waals surface area contributed by atoms with E-state index in [0.717, 1.165) is 44.9 Å². The molecule has 0 aromatic carbocycles. The fourth-order valence-corrected chi connectivity index (χ4v) is 6.89. The third-order valence-corrected chi connectivity index (χ3v) is 8.47. The molecule has 4 rings (SSSR count). The molecule has 2 nitrogen and oxygen atoms in total. The fraction of sp³-hybridized carbons (Fsp3) is 0.810. The number of hydrogen-bond acceptors (Lipinski definition) is 2. The fourth-order valence-electron chi connectivity index (χ4n) is 6.89. The molecule has 0 spiro atoms. The minimum absolute atomic E-state index is 0.112. The molecular formula is C21H30O2. The zero-order chi connectivity index (χ0) is 16.5. The first-order chi connectivity index (χ1) is 10.8. The Morgan fingerprint density at radius 1 is 1.13 bits per heavy atom. The Balaban J connectivity index is 1.69. The van der Waals surface area contributed by atoms with Crippen LogP contribution in [0.2, 0.25) is 0 Å². The van der Waals surface area contributed by atoms with Crippen molar-refractivity contribution in [1.82, 2.24) is 0 Å². The maximum absolute atomic E-state index is 11.0. The molecule has 0 unspecified atom stereocenters. The molecule has 126 valence electrons. The van der Waals surface area contributed by atoms with Crippen LogP contribution < -0.4 is 0 Å². The lowest BCUT2D eigenvalue weighted by molar-refractivity contribution is -0.0969. The quantitative estimate of drug-likeness (QED) is 0.529. The Kier molecular flexibility index (Phi) is 3.33. The molecule has 4 aliphatic carbocycles. The second-order valence-electron chi connectivity index (χ2n) is 9.16. The van der Waals surface area contributed by atoms with Crippen molar-refractivity contribution < 1.29 is 10.2 Å². The third kappa shape index (κ3) is 1.90. The van der Waals surface area contributed by atoms with E-state index < -0.39 is 5.60 Å². The van der Waals surface area contributed by atoms with Gasteiger partial charge in [0.25, 0.3) is 0 Å². The van der Waals surface area contributed by atoms with Gasteiger partial charge in [0.15, 0.2) is 0 Å². The van der Waals surface area contributed by atoms with Gasteiger partial charge >= 0.3 is 0 Å². The molecule has 2 N–H and O–H groups in total.